The summed E-state index contributed by atoms with van der Waals surface area (Å²) in [5.74, 6) is 0. The van der Waals surface area contributed by atoms with Crippen molar-refractivity contribution in [2.24, 2.45) is 0 Å². The Morgan fingerprint density at radius 1 is 1.35 bits per heavy atom. The smallest absolute Gasteiger partial charge is 0.264 e. The van der Waals surface area contributed by atoms with Crippen molar-refractivity contribution in [3.63, 3.8) is 0 Å². The molecule has 0 heterocycles. The average molecular weight is 243 g/mol. The number of likely N-dealkylation sites (N-methyl/N-ethyl adjacent to an activating group) is 1. The second kappa shape index (κ2) is 6.55. The zero-order valence-corrected chi connectivity index (χ0v) is 10.5. The minimum absolute atomic E-state index is 0.108. The molecule has 0 saturated carbocycles. The lowest BCUT2D eigenvalue weighted by Crippen LogP contribution is -2.26. The molecule has 0 spiro atoms. The minimum Gasteiger partial charge on any atom is -0.383 e. The number of halogens is 2. The zero-order valence-electron chi connectivity index (χ0n) is 10.5. The van der Waals surface area contributed by atoms with Crippen LogP contribution in [0.2, 0.25) is 0 Å². The summed E-state index contributed by atoms with van der Waals surface area (Å²) in [5.41, 5.74) is 1.70. The first kappa shape index (κ1) is 13.9. The Morgan fingerprint density at radius 3 is 2.53 bits per heavy atom. The van der Waals surface area contributed by atoms with Crippen molar-refractivity contribution in [3.8, 4) is 0 Å². The van der Waals surface area contributed by atoms with Gasteiger partial charge in [0, 0.05) is 31.5 Å². The van der Waals surface area contributed by atoms with Gasteiger partial charge >= 0.3 is 0 Å². The van der Waals surface area contributed by atoms with E-state index in [-0.39, 0.29) is 5.56 Å². The number of hydrogen-bond acceptors (Lipinski definition) is 2. The first-order valence-corrected chi connectivity index (χ1v) is 5.72. The van der Waals surface area contributed by atoms with Gasteiger partial charge < -0.3 is 9.64 Å². The van der Waals surface area contributed by atoms with E-state index in [1.165, 1.54) is 6.07 Å². The summed E-state index contributed by atoms with van der Waals surface area (Å²) < 4.78 is 30.2. The number of alkyl halides is 2. The molecular weight excluding hydrogens is 224 g/mol. The molecule has 0 radical (unpaired) electrons. The van der Waals surface area contributed by atoms with Gasteiger partial charge in [-0.05, 0) is 31.5 Å². The lowest BCUT2D eigenvalue weighted by Gasteiger charge is -2.23. The molecule has 0 N–H and O–H groups in total. The van der Waals surface area contributed by atoms with Gasteiger partial charge in [-0.2, -0.15) is 0 Å². The van der Waals surface area contributed by atoms with Crippen LogP contribution in [-0.2, 0) is 4.74 Å². The predicted molar refractivity (Wildman–Crippen MR) is 65.9 cm³/mol. The first-order chi connectivity index (χ1) is 8.10. The summed E-state index contributed by atoms with van der Waals surface area (Å²) in [6, 6.07) is 5.05. The van der Waals surface area contributed by atoms with E-state index < -0.39 is 6.43 Å². The predicted octanol–water partition coefficient (Wildman–Crippen LogP) is 3.41. The third-order valence-corrected chi connectivity index (χ3v) is 2.80. The van der Waals surface area contributed by atoms with Crippen molar-refractivity contribution < 1.29 is 13.5 Å². The summed E-state index contributed by atoms with van der Waals surface area (Å²) in [7, 11) is 1.65. The number of methoxy groups -OCH3 is 1. The van der Waals surface area contributed by atoms with Crippen LogP contribution in [0.1, 0.15) is 24.5 Å². The maximum atomic E-state index is 12.6. The quantitative estimate of drug-likeness (QED) is 0.759. The Balaban J connectivity index is 2.86. The summed E-state index contributed by atoms with van der Waals surface area (Å²) >= 11 is 0. The van der Waals surface area contributed by atoms with Gasteiger partial charge in [-0.15, -0.1) is 0 Å². The van der Waals surface area contributed by atoms with Gasteiger partial charge in [-0.25, -0.2) is 8.78 Å². The van der Waals surface area contributed by atoms with Crippen molar-refractivity contribution in [1.29, 1.82) is 0 Å². The highest BCUT2D eigenvalue weighted by Gasteiger charge is 2.12. The number of aryl methyl sites for hydroxylation is 1. The molecule has 0 bridgehead atoms. The van der Waals surface area contributed by atoms with E-state index in [2.05, 4.69) is 4.90 Å². The maximum Gasteiger partial charge on any atom is 0.264 e. The fourth-order valence-electron chi connectivity index (χ4n) is 1.77. The maximum absolute atomic E-state index is 12.6. The number of hydrogen-bond donors (Lipinski definition) is 0. The fraction of sp³-hybridized carbons (Fsp3) is 0.538. The van der Waals surface area contributed by atoms with Crippen molar-refractivity contribution in [1.82, 2.24) is 0 Å². The van der Waals surface area contributed by atoms with Crippen LogP contribution in [0, 0.1) is 6.92 Å². The second-order valence-electron chi connectivity index (χ2n) is 3.91. The molecule has 0 atom stereocenters. The van der Waals surface area contributed by atoms with Crippen LogP contribution in [-0.4, -0.2) is 26.8 Å². The van der Waals surface area contributed by atoms with Crippen molar-refractivity contribution >= 4 is 5.69 Å². The Kier molecular flexibility index (Phi) is 5.35. The molecule has 17 heavy (non-hydrogen) atoms. The van der Waals surface area contributed by atoms with Crippen LogP contribution in [0.3, 0.4) is 0 Å². The van der Waals surface area contributed by atoms with Crippen molar-refractivity contribution in [3.05, 3.63) is 29.3 Å². The highest BCUT2D eigenvalue weighted by molar-refractivity contribution is 5.51. The molecule has 0 aliphatic heterocycles. The summed E-state index contributed by atoms with van der Waals surface area (Å²) in [5, 5.41) is 0. The van der Waals surface area contributed by atoms with E-state index in [9.17, 15) is 8.78 Å². The van der Waals surface area contributed by atoms with E-state index in [0.29, 0.717) is 12.2 Å². The number of nitrogens with zero attached hydrogens (tertiary/aromatic N) is 1. The Bertz CT molecular complexity index is 355. The molecule has 0 unspecified atom stereocenters. The van der Waals surface area contributed by atoms with E-state index in [0.717, 1.165) is 18.8 Å². The van der Waals surface area contributed by atoms with Crippen LogP contribution in [0.15, 0.2) is 18.2 Å². The standard InChI is InChI=1S/C13H19F2NO/c1-4-16(7-8-17-3)11-5-6-12(13(14)15)10(2)9-11/h5-6,9,13H,4,7-8H2,1-3H3. The van der Waals surface area contributed by atoms with Crippen LogP contribution < -0.4 is 4.90 Å². The Morgan fingerprint density at radius 2 is 2.06 bits per heavy atom. The molecule has 0 amide bonds. The van der Waals surface area contributed by atoms with Crippen LogP contribution >= 0.6 is 0 Å². The summed E-state index contributed by atoms with van der Waals surface area (Å²) in [6.45, 7) is 5.97. The molecule has 0 aliphatic rings. The van der Waals surface area contributed by atoms with Crippen LogP contribution in [0.25, 0.3) is 0 Å². The first-order valence-electron chi connectivity index (χ1n) is 5.72. The van der Waals surface area contributed by atoms with Gasteiger partial charge in [0.1, 0.15) is 0 Å². The largest absolute Gasteiger partial charge is 0.383 e. The third kappa shape index (κ3) is 3.66. The van der Waals surface area contributed by atoms with E-state index in [1.54, 1.807) is 26.2 Å². The zero-order chi connectivity index (χ0) is 12.8. The van der Waals surface area contributed by atoms with Crippen LogP contribution in [0.5, 0.6) is 0 Å². The third-order valence-electron chi connectivity index (χ3n) is 2.80. The topological polar surface area (TPSA) is 12.5 Å². The lowest BCUT2D eigenvalue weighted by atomic mass is 10.1. The van der Waals surface area contributed by atoms with Crippen LogP contribution in [0.4, 0.5) is 14.5 Å². The molecule has 1 aromatic carbocycles. The second-order valence-corrected chi connectivity index (χ2v) is 3.91. The average Bonchev–Trinajstić information content (AvgIpc) is 2.29. The molecule has 0 fully saturated rings. The SMILES string of the molecule is CCN(CCOC)c1ccc(C(F)F)c(C)c1. The van der Waals surface area contributed by atoms with Gasteiger partial charge in [0.15, 0.2) is 0 Å². The van der Waals surface area contributed by atoms with Gasteiger partial charge in [0.25, 0.3) is 6.43 Å². The highest BCUT2D eigenvalue weighted by Crippen LogP contribution is 2.26. The fourth-order valence-corrected chi connectivity index (χ4v) is 1.77. The Hall–Kier alpha value is -1.16. The summed E-state index contributed by atoms with van der Waals surface area (Å²) in [6.07, 6.45) is -2.40. The van der Waals surface area contributed by atoms with Gasteiger partial charge in [-0.3, -0.25) is 0 Å². The number of anilines is 1. The molecule has 2 nitrogen and oxygen atoms in total. The normalized spacial score (nSPS) is 10.9. The number of ether oxygens (including phenoxy) is 1. The van der Waals surface area contributed by atoms with Gasteiger partial charge in [-0.1, -0.05) is 6.07 Å². The summed E-state index contributed by atoms with van der Waals surface area (Å²) in [4.78, 5) is 2.10. The van der Waals surface area contributed by atoms with Gasteiger partial charge in [0.05, 0.1) is 6.61 Å². The molecule has 1 rings (SSSR count). The molecule has 0 saturated heterocycles. The molecule has 0 aromatic heterocycles. The van der Waals surface area contributed by atoms with Crippen molar-refractivity contribution in [2.75, 3.05) is 31.7 Å². The van der Waals surface area contributed by atoms with E-state index in [4.69, 9.17) is 4.74 Å². The lowest BCUT2D eigenvalue weighted by molar-refractivity contribution is 0.150. The van der Waals surface area contributed by atoms with Crippen molar-refractivity contribution in [2.45, 2.75) is 20.3 Å². The minimum atomic E-state index is -2.40. The highest BCUT2D eigenvalue weighted by atomic mass is 19.3. The molecule has 1 aromatic rings. The monoisotopic (exact) mass is 243 g/mol. The Labute approximate surface area is 101 Å². The van der Waals surface area contributed by atoms with Gasteiger partial charge in [0.2, 0.25) is 0 Å². The molecule has 0 aliphatic carbocycles. The molecular formula is C13H19F2NO. The van der Waals surface area contributed by atoms with E-state index in [1.807, 2.05) is 6.92 Å². The van der Waals surface area contributed by atoms with E-state index >= 15 is 0 Å². The molecule has 96 valence electrons. The number of benzene rings is 1. The molecule has 4 heteroatoms. The number of rotatable bonds is 6.